The second kappa shape index (κ2) is 16.9. The van der Waals surface area contributed by atoms with Gasteiger partial charge in [0, 0.05) is 0 Å². The van der Waals surface area contributed by atoms with E-state index in [1.54, 1.807) is 0 Å². The molecule has 0 aromatic heterocycles. The fourth-order valence-electron chi connectivity index (χ4n) is 0. The molecule has 0 heterocycles. The van der Waals surface area contributed by atoms with Crippen molar-refractivity contribution in [2.75, 3.05) is 0 Å². The second-order valence-electron chi connectivity index (χ2n) is 1.01. The number of alkyl halides is 1. The molecule has 0 spiro atoms. The van der Waals surface area contributed by atoms with Gasteiger partial charge in [-0.2, -0.15) is 0 Å². The zero-order valence-electron chi connectivity index (χ0n) is 5.36. The van der Waals surface area contributed by atoms with Crippen LogP contribution in [-0.4, -0.2) is 6.17 Å². The largest absolute Gasteiger partial charge is 0.269 e. The summed E-state index contributed by atoms with van der Waals surface area (Å²) < 4.78 is 11.0. The van der Waals surface area contributed by atoms with Crippen molar-refractivity contribution in [2.45, 2.75) is 33.9 Å². The van der Waals surface area contributed by atoms with E-state index in [9.17, 15) is 4.39 Å². The van der Waals surface area contributed by atoms with Gasteiger partial charge >= 0.3 is 0 Å². The van der Waals surface area contributed by atoms with Gasteiger partial charge in [0.1, 0.15) is 0 Å². The third-order valence-corrected chi connectivity index (χ3v) is 0. The molecule has 0 saturated carbocycles. The Morgan fingerprint density at radius 2 is 1.14 bits per heavy atom. The molecule has 0 nitrogen and oxygen atoms in total. The van der Waals surface area contributed by atoms with Crippen LogP contribution in [0.4, 0.5) is 9.09 Å². The molecule has 0 aromatic carbocycles. The van der Waals surface area contributed by atoms with Crippen LogP contribution in [0.2, 0.25) is 0 Å². The third-order valence-electron chi connectivity index (χ3n) is 0. The summed E-state index contributed by atoms with van der Waals surface area (Å²) in [5.41, 5.74) is 0. The van der Waals surface area contributed by atoms with Gasteiger partial charge in [-0.25, -0.2) is 4.39 Å². The van der Waals surface area contributed by atoms with Gasteiger partial charge in [-0.3, -0.25) is 4.70 Å². The summed E-state index contributed by atoms with van der Waals surface area (Å²) in [7, 11) is 0. The lowest BCUT2D eigenvalue weighted by Gasteiger charge is -1.74. The summed E-state index contributed by atoms with van der Waals surface area (Å²) >= 11 is 0. The maximum absolute atomic E-state index is 11.0. The van der Waals surface area contributed by atoms with E-state index in [2.05, 4.69) is 0 Å². The smallest absolute Gasteiger partial charge is 0.0945 e. The predicted octanol–water partition coefficient (Wildman–Crippen LogP) is 2.54. The van der Waals surface area contributed by atoms with Crippen LogP contribution in [0.3, 0.4) is 0 Å². The van der Waals surface area contributed by atoms with E-state index in [0.717, 1.165) is 0 Å². The lowest BCUT2D eigenvalue weighted by molar-refractivity contribution is 0.391. The minimum absolute atomic E-state index is 0. The number of hydrogen-bond acceptors (Lipinski definition) is 0. The van der Waals surface area contributed by atoms with Crippen LogP contribution in [0, 0.1) is 0 Å². The molecular weight excluding hydrogens is 98.1 g/mol. The Labute approximate surface area is 44.1 Å². The quantitative estimate of drug-likeness (QED) is 0.451. The Morgan fingerprint density at radius 3 is 1.14 bits per heavy atom. The molecule has 0 aliphatic carbocycles. The van der Waals surface area contributed by atoms with Crippen LogP contribution in [0.5, 0.6) is 0 Å². The maximum Gasteiger partial charge on any atom is 0.0945 e. The molecule has 0 aromatic rings. The van der Waals surface area contributed by atoms with Crippen LogP contribution >= 0.6 is 0 Å². The Hall–Kier alpha value is -0.140. The Bertz CT molecular complexity index is 10.8. The molecule has 0 aliphatic heterocycles. The molecule has 0 N–H and O–H groups in total. The molecular formula is C5H14F2. The fraction of sp³-hybridized carbons (Fsp3) is 1.00. The fourth-order valence-corrected chi connectivity index (χ4v) is 0. The predicted molar refractivity (Wildman–Crippen MR) is 30.1 cm³/mol. The SMILES string of the molecule is CC.CC(C)F.F. The van der Waals surface area contributed by atoms with E-state index < -0.39 is 6.17 Å². The molecule has 0 atom stereocenters. The molecule has 0 saturated heterocycles. The van der Waals surface area contributed by atoms with Gasteiger partial charge in [0.15, 0.2) is 0 Å². The van der Waals surface area contributed by atoms with Crippen LogP contribution in [0.25, 0.3) is 0 Å². The van der Waals surface area contributed by atoms with E-state index in [0.29, 0.717) is 0 Å². The monoisotopic (exact) mass is 112 g/mol. The highest BCUT2D eigenvalue weighted by Crippen LogP contribution is 1.77. The number of hydrogen-bond donors (Lipinski definition) is 0. The molecule has 7 heavy (non-hydrogen) atoms. The summed E-state index contributed by atoms with van der Waals surface area (Å²) in [5.74, 6) is 0. The first-order valence-corrected chi connectivity index (χ1v) is 2.37. The van der Waals surface area contributed by atoms with E-state index >= 15 is 0 Å². The van der Waals surface area contributed by atoms with Gasteiger partial charge in [-0.05, 0) is 13.8 Å². The van der Waals surface area contributed by atoms with Crippen molar-refractivity contribution < 1.29 is 9.09 Å². The normalized spacial score (nSPS) is 6.00. The van der Waals surface area contributed by atoms with Gasteiger partial charge in [0.05, 0.1) is 6.17 Å². The molecule has 0 amide bonds. The average Bonchev–Trinajstić information content (AvgIpc) is 1.41. The first-order valence-electron chi connectivity index (χ1n) is 2.37. The van der Waals surface area contributed by atoms with Crippen molar-refractivity contribution in [2.24, 2.45) is 0 Å². The van der Waals surface area contributed by atoms with E-state index in [-0.39, 0.29) is 4.70 Å². The highest BCUT2D eigenvalue weighted by atomic mass is 19.1. The summed E-state index contributed by atoms with van der Waals surface area (Å²) in [6.45, 7) is 7.00. The molecule has 0 radical (unpaired) electrons. The summed E-state index contributed by atoms with van der Waals surface area (Å²) in [5, 5.41) is 0. The summed E-state index contributed by atoms with van der Waals surface area (Å²) in [6, 6.07) is 0. The Balaban J connectivity index is -0.0000000480. The van der Waals surface area contributed by atoms with Crippen molar-refractivity contribution in [1.29, 1.82) is 0 Å². The third kappa shape index (κ3) is 4450. The highest BCUT2D eigenvalue weighted by molar-refractivity contribution is 4.22. The van der Waals surface area contributed by atoms with Gasteiger partial charge in [-0.1, -0.05) is 13.8 Å². The molecule has 0 bridgehead atoms. The lowest BCUT2D eigenvalue weighted by atomic mass is 10.5. The first-order chi connectivity index (χ1) is 2.73. The van der Waals surface area contributed by atoms with Gasteiger partial charge in [-0.15, -0.1) is 0 Å². The summed E-state index contributed by atoms with van der Waals surface area (Å²) in [4.78, 5) is 0. The minimum atomic E-state index is -0.667. The molecule has 0 unspecified atom stereocenters. The van der Waals surface area contributed by atoms with Gasteiger partial charge in [0.2, 0.25) is 0 Å². The van der Waals surface area contributed by atoms with Crippen molar-refractivity contribution in [3.05, 3.63) is 0 Å². The van der Waals surface area contributed by atoms with Crippen LogP contribution in [0.15, 0.2) is 0 Å². The van der Waals surface area contributed by atoms with Crippen LogP contribution in [-0.2, 0) is 0 Å². The second-order valence-corrected chi connectivity index (χ2v) is 1.01. The molecule has 0 rings (SSSR count). The minimum Gasteiger partial charge on any atom is -0.269 e. The molecule has 0 fully saturated rings. The zero-order valence-corrected chi connectivity index (χ0v) is 5.36. The average molecular weight is 112 g/mol. The zero-order chi connectivity index (χ0) is 5.58. The Morgan fingerprint density at radius 1 is 1.14 bits per heavy atom. The van der Waals surface area contributed by atoms with Crippen molar-refractivity contribution in [3.8, 4) is 0 Å². The standard InChI is InChI=1S/C3H7F.C2H6.FH/c1-3(2)4;1-2;/h3H,1-2H3;1-2H3;1H. The number of halogens is 2. The Kier molecular flexibility index (Phi) is 38.2. The lowest BCUT2D eigenvalue weighted by Crippen LogP contribution is -1.73. The topological polar surface area (TPSA) is 0 Å². The van der Waals surface area contributed by atoms with E-state index in [4.69, 9.17) is 0 Å². The molecule has 48 valence electrons. The van der Waals surface area contributed by atoms with Gasteiger partial charge in [0.25, 0.3) is 0 Å². The molecule has 0 aliphatic rings. The first kappa shape index (κ1) is 15.8. The molecule has 2 heteroatoms. The van der Waals surface area contributed by atoms with Crippen molar-refractivity contribution in [3.63, 3.8) is 0 Å². The summed E-state index contributed by atoms with van der Waals surface area (Å²) in [6.07, 6.45) is -0.667. The highest BCUT2D eigenvalue weighted by Gasteiger charge is 1.73. The van der Waals surface area contributed by atoms with Crippen LogP contribution in [0.1, 0.15) is 27.7 Å². The van der Waals surface area contributed by atoms with Crippen molar-refractivity contribution in [1.82, 2.24) is 0 Å². The van der Waals surface area contributed by atoms with Gasteiger partial charge < -0.3 is 0 Å². The van der Waals surface area contributed by atoms with Crippen LogP contribution < -0.4 is 0 Å². The maximum atomic E-state index is 11.0. The van der Waals surface area contributed by atoms with Crippen molar-refractivity contribution >= 4 is 0 Å². The van der Waals surface area contributed by atoms with E-state index in [1.165, 1.54) is 13.8 Å². The van der Waals surface area contributed by atoms with E-state index in [1.807, 2.05) is 13.8 Å². The number of rotatable bonds is 0.